The van der Waals surface area contributed by atoms with Gasteiger partial charge in [0.1, 0.15) is 5.76 Å². The molecule has 0 aliphatic rings. The number of esters is 2. The van der Waals surface area contributed by atoms with Crippen molar-refractivity contribution >= 4 is 22.0 Å². The van der Waals surface area contributed by atoms with Crippen LogP contribution < -0.4 is 0 Å². The molecule has 1 aromatic carbocycles. The first-order valence-corrected chi connectivity index (χ1v) is 9.25. The first-order valence-electron chi connectivity index (χ1n) is 7.81. The largest absolute Gasteiger partial charge is 0.465 e. The van der Waals surface area contributed by atoms with Gasteiger partial charge in [-0.05, 0) is 32.0 Å². The van der Waals surface area contributed by atoms with Gasteiger partial charge in [0.25, 0.3) is 0 Å². The third-order valence-electron chi connectivity index (χ3n) is 4.02. The first kappa shape index (κ1) is 20.6. The lowest BCUT2D eigenvalue weighted by atomic mass is 10.1. The highest BCUT2D eigenvalue weighted by atomic mass is 32.2. The van der Waals surface area contributed by atoms with Gasteiger partial charge in [-0.25, -0.2) is 18.0 Å². The van der Waals surface area contributed by atoms with Gasteiger partial charge >= 0.3 is 11.9 Å². The molecule has 10 heteroatoms. The molecule has 0 amide bonds. The highest BCUT2D eigenvalue weighted by Gasteiger charge is 2.26. The quantitative estimate of drug-likeness (QED) is 0.677. The van der Waals surface area contributed by atoms with Gasteiger partial charge in [-0.2, -0.15) is 4.31 Å². The topological polar surface area (TPSA) is 116 Å². The molecule has 0 radical (unpaired) electrons. The van der Waals surface area contributed by atoms with Gasteiger partial charge in [-0.15, -0.1) is 0 Å². The number of benzene rings is 1. The van der Waals surface area contributed by atoms with Crippen LogP contribution in [0.4, 0.5) is 0 Å². The van der Waals surface area contributed by atoms with E-state index in [-0.39, 0.29) is 22.6 Å². The number of methoxy groups -OCH3 is 2. The number of carbonyl (C=O) groups excluding carboxylic acids is 2. The van der Waals surface area contributed by atoms with Crippen molar-refractivity contribution in [2.45, 2.75) is 25.3 Å². The van der Waals surface area contributed by atoms with Crippen LogP contribution in [0.3, 0.4) is 0 Å². The number of carbonyl (C=O) groups is 2. The lowest BCUT2D eigenvalue weighted by Crippen LogP contribution is -2.27. The fourth-order valence-corrected chi connectivity index (χ4v) is 3.65. The molecule has 0 unspecified atom stereocenters. The lowest BCUT2D eigenvalue weighted by Gasteiger charge is -2.18. The molecule has 0 aliphatic carbocycles. The molecule has 0 saturated heterocycles. The molecular weight excluding hydrogens is 376 g/mol. The molecule has 9 nitrogen and oxygen atoms in total. The molecule has 1 heterocycles. The smallest absolute Gasteiger partial charge is 0.337 e. The third kappa shape index (κ3) is 4.17. The number of hydrogen-bond acceptors (Lipinski definition) is 8. The van der Waals surface area contributed by atoms with E-state index >= 15 is 0 Å². The van der Waals surface area contributed by atoms with E-state index in [0.717, 1.165) is 30.7 Å². The summed E-state index contributed by atoms with van der Waals surface area (Å²) < 4.78 is 41.3. The molecule has 0 fully saturated rings. The van der Waals surface area contributed by atoms with Crippen LogP contribution in [0.1, 0.15) is 37.7 Å². The molecule has 27 heavy (non-hydrogen) atoms. The number of rotatable bonds is 6. The van der Waals surface area contributed by atoms with Crippen molar-refractivity contribution in [1.82, 2.24) is 9.46 Å². The van der Waals surface area contributed by atoms with Gasteiger partial charge in [0.2, 0.25) is 10.0 Å². The fourth-order valence-electron chi connectivity index (χ4n) is 2.43. The van der Waals surface area contributed by atoms with E-state index in [1.54, 1.807) is 13.8 Å². The number of nitrogens with zero attached hydrogens (tertiary/aromatic N) is 2. The molecule has 0 atom stereocenters. The standard InChI is InChI=1S/C17H20N2O7S/c1-10-15(11(2)26-18-10)9-19(3)27(22,23)14-7-12(16(20)24-4)6-13(8-14)17(21)25-5/h6-8H,9H2,1-5H3. The van der Waals surface area contributed by atoms with E-state index in [0.29, 0.717) is 17.0 Å². The summed E-state index contributed by atoms with van der Waals surface area (Å²) in [4.78, 5) is 23.5. The van der Waals surface area contributed by atoms with Gasteiger partial charge < -0.3 is 14.0 Å². The van der Waals surface area contributed by atoms with E-state index < -0.39 is 22.0 Å². The number of hydrogen-bond donors (Lipinski definition) is 0. The Hall–Kier alpha value is -2.72. The highest BCUT2D eigenvalue weighted by molar-refractivity contribution is 7.89. The summed E-state index contributed by atoms with van der Waals surface area (Å²) in [6, 6.07) is 3.51. The molecule has 146 valence electrons. The highest BCUT2D eigenvalue weighted by Crippen LogP contribution is 2.23. The normalized spacial score (nSPS) is 11.5. The van der Waals surface area contributed by atoms with Gasteiger partial charge in [0.05, 0.1) is 35.9 Å². The molecule has 0 spiro atoms. The van der Waals surface area contributed by atoms with Crippen LogP contribution in [0.25, 0.3) is 0 Å². The van der Waals surface area contributed by atoms with E-state index in [9.17, 15) is 18.0 Å². The van der Waals surface area contributed by atoms with Crippen LogP contribution in [-0.4, -0.2) is 51.1 Å². The van der Waals surface area contributed by atoms with E-state index in [1.807, 2.05) is 0 Å². The lowest BCUT2D eigenvalue weighted by molar-refractivity contribution is 0.0598. The Morgan fingerprint density at radius 2 is 1.59 bits per heavy atom. The van der Waals surface area contributed by atoms with Gasteiger partial charge in [-0.1, -0.05) is 5.16 Å². The summed E-state index contributed by atoms with van der Waals surface area (Å²) in [5, 5.41) is 3.80. The summed E-state index contributed by atoms with van der Waals surface area (Å²) in [5.41, 5.74) is 1.06. The first-order chi connectivity index (χ1) is 12.6. The Bertz CT molecular complexity index is 925. The molecule has 0 bridgehead atoms. The maximum Gasteiger partial charge on any atom is 0.337 e. The Balaban J connectivity index is 2.50. The summed E-state index contributed by atoms with van der Waals surface area (Å²) in [6.07, 6.45) is 0. The van der Waals surface area contributed by atoms with Gasteiger partial charge in [-0.3, -0.25) is 0 Å². The van der Waals surface area contributed by atoms with Crippen molar-refractivity contribution in [3.63, 3.8) is 0 Å². The van der Waals surface area contributed by atoms with Crippen molar-refractivity contribution in [2.24, 2.45) is 0 Å². The summed E-state index contributed by atoms with van der Waals surface area (Å²) >= 11 is 0. The number of aryl methyl sites for hydroxylation is 2. The number of aromatic nitrogens is 1. The zero-order valence-electron chi connectivity index (χ0n) is 15.6. The second kappa shape index (κ2) is 7.89. The molecule has 2 aromatic rings. The van der Waals surface area contributed by atoms with Crippen LogP contribution >= 0.6 is 0 Å². The second-order valence-electron chi connectivity index (χ2n) is 5.79. The SMILES string of the molecule is COC(=O)c1cc(C(=O)OC)cc(S(=O)(=O)N(C)Cc2c(C)noc2C)c1. The Kier molecular flexibility index (Phi) is 6.01. The average Bonchev–Trinajstić information content (AvgIpc) is 2.98. The predicted molar refractivity (Wildman–Crippen MR) is 93.8 cm³/mol. The number of ether oxygens (including phenoxy) is 2. The summed E-state index contributed by atoms with van der Waals surface area (Å²) in [6.45, 7) is 3.40. The van der Waals surface area contributed by atoms with Crippen molar-refractivity contribution in [1.29, 1.82) is 0 Å². The summed E-state index contributed by atoms with van der Waals surface area (Å²) in [5.74, 6) is -1.04. The minimum absolute atomic E-state index is 0.0134. The van der Waals surface area contributed by atoms with Gasteiger partial charge in [0, 0.05) is 19.2 Å². The minimum Gasteiger partial charge on any atom is -0.465 e. The zero-order chi connectivity index (χ0) is 20.4. The average molecular weight is 396 g/mol. The van der Waals surface area contributed by atoms with Crippen LogP contribution in [0.15, 0.2) is 27.6 Å². The maximum absolute atomic E-state index is 13.0. The van der Waals surface area contributed by atoms with E-state index in [4.69, 9.17) is 4.52 Å². The van der Waals surface area contributed by atoms with Crippen LogP contribution in [-0.2, 0) is 26.0 Å². The summed E-state index contributed by atoms with van der Waals surface area (Å²) in [7, 11) is -0.335. The molecule has 0 aliphatic heterocycles. The molecule has 1 aromatic heterocycles. The monoisotopic (exact) mass is 396 g/mol. The Morgan fingerprint density at radius 3 is 2.00 bits per heavy atom. The minimum atomic E-state index is -4.03. The molecule has 0 saturated carbocycles. The van der Waals surface area contributed by atoms with Crippen molar-refractivity contribution in [3.8, 4) is 0 Å². The van der Waals surface area contributed by atoms with Crippen LogP contribution in [0, 0.1) is 13.8 Å². The Morgan fingerprint density at radius 1 is 1.07 bits per heavy atom. The van der Waals surface area contributed by atoms with Crippen LogP contribution in [0.5, 0.6) is 0 Å². The second-order valence-corrected chi connectivity index (χ2v) is 7.84. The molecular formula is C17H20N2O7S. The van der Waals surface area contributed by atoms with Gasteiger partial charge in [0.15, 0.2) is 0 Å². The van der Waals surface area contributed by atoms with Crippen molar-refractivity contribution in [2.75, 3.05) is 21.3 Å². The van der Waals surface area contributed by atoms with Crippen molar-refractivity contribution in [3.05, 3.63) is 46.3 Å². The third-order valence-corrected chi connectivity index (χ3v) is 5.80. The molecule has 0 N–H and O–H groups in total. The zero-order valence-corrected chi connectivity index (χ0v) is 16.4. The molecule has 2 rings (SSSR count). The van der Waals surface area contributed by atoms with Crippen molar-refractivity contribution < 1.29 is 32.0 Å². The number of sulfonamides is 1. The Labute approximate surface area is 156 Å². The fraction of sp³-hybridized carbons (Fsp3) is 0.353. The van der Waals surface area contributed by atoms with E-state index in [2.05, 4.69) is 14.6 Å². The van der Waals surface area contributed by atoms with E-state index in [1.165, 1.54) is 13.1 Å². The predicted octanol–water partition coefficient (Wildman–Crippen LogP) is 1.69. The maximum atomic E-state index is 13.0. The van der Waals surface area contributed by atoms with Crippen LogP contribution in [0.2, 0.25) is 0 Å².